The summed E-state index contributed by atoms with van der Waals surface area (Å²) in [6.07, 6.45) is 1.96. The second kappa shape index (κ2) is 4.69. The minimum absolute atomic E-state index is 0.171. The van der Waals surface area contributed by atoms with Gasteiger partial charge in [0.05, 0.1) is 26.0 Å². The smallest absolute Gasteiger partial charge is 0.230 e. The Balaban J connectivity index is 2.51. The lowest BCUT2D eigenvalue weighted by Gasteiger charge is -2.07. The molecule has 17 heavy (non-hydrogen) atoms. The molecule has 5 heteroatoms. The van der Waals surface area contributed by atoms with Gasteiger partial charge in [0.1, 0.15) is 11.5 Å². The third-order valence-electron chi connectivity index (χ3n) is 2.28. The maximum atomic E-state index is 10.5. The highest BCUT2D eigenvalue weighted by Gasteiger charge is 2.13. The van der Waals surface area contributed by atoms with E-state index in [1.54, 1.807) is 32.4 Å². The number of benzene rings is 1. The van der Waals surface area contributed by atoms with Crippen LogP contribution in [0.1, 0.15) is 10.6 Å². The van der Waals surface area contributed by atoms with E-state index in [-0.39, 0.29) is 5.76 Å². The molecule has 1 heterocycles. The summed E-state index contributed by atoms with van der Waals surface area (Å²) in [6.45, 7) is 0. The number of oxazole rings is 1. The van der Waals surface area contributed by atoms with Crippen molar-refractivity contribution in [3.63, 3.8) is 0 Å². The molecule has 2 rings (SSSR count). The molecule has 5 nitrogen and oxygen atoms in total. The first-order valence-electron chi connectivity index (χ1n) is 4.92. The van der Waals surface area contributed by atoms with Crippen LogP contribution in [0.4, 0.5) is 0 Å². The molecular weight excluding hydrogens is 222 g/mol. The molecule has 0 spiro atoms. The second-order valence-corrected chi connectivity index (χ2v) is 3.25. The van der Waals surface area contributed by atoms with E-state index in [2.05, 4.69) is 4.98 Å². The fourth-order valence-corrected chi connectivity index (χ4v) is 1.45. The van der Waals surface area contributed by atoms with Crippen LogP contribution in [0.3, 0.4) is 0 Å². The number of methoxy groups -OCH3 is 2. The molecule has 0 aliphatic carbocycles. The van der Waals surface area contributed by atoms with E-state index in [4.69, 9.17) is 13.9 Å². The van der Waals surface area contributed by atoms with Crippen molar-refractivity contribution in [3.05, 3.63) is 30.2 Å². The molecule has 0 saturated carbocycles. The summed E-state index contributed by atoms with van der Waals surface area (Å²) in [6, 6.07) is 5.25. The quantitative estimate of drug-likeness (QED) is 0.757. The van der Waals surface area contributed by atoms with Crippen molar-refractivity contribution in [2.45, 2.75) is 0 Å². The van der Waals surface area contributed by atoms with Crippen LogP contribution in [-0.2, 0) is 0 Å². The van der Waals surface area contributed by atoms with E-state index in [1.807, 2.05) is 0 Å². The van der Waals surface area contributed by atoms with Gasteiger partial charge in [0.2, 0.25) is 5.89 Å². The number of nitrogens with zero attached hydrogens (tertiary/aromatic N) is 1. The van der Waals surface area contributed by atoms with Gasteiger partial charge in [-0.05, 0) is 18.2 Å². The first-order valence-corrected chi connectivity index (χ1v) is 4.92. The van der Waals surface area contributed by atoms with E-state index < -0.39 is 0 Å². The molecule has 0 aliphatic rings. The van der Waals surface area contributed by atoms with E-state index in [9.17, 15) is 4.79 Å². The number of hydrogen-bond donors (Lipinski definition) is 0. The molecule has 0 unspecified atom stereocenters. The van der Waals surface area contributed by atoms with Crippen LogP contribution in [0.15, 0.2) is 28.8 Å². The van der Waals surface area contributed by atoms with Gasteiger partial charge in [-0.15, -0.1) is 0 Å². The summed E-state index contributed by atoms with van der Waals surface area (Å²) in [4.78, 5) is 14.5. The highest BCUT2D eigenvalue weighted by molar-refractivity contribution is 5.72. The highest BCUT2D eigenvalue weighted by Crippen LogP contribution is 2.32. The molecule has 0 amide bonds. The minimum Gasteiger partial charge on any atom is -0.497 e. The zero-order valence-electron chi connectivity index (χ0n) is 9.47. The van der Waals surface area contributed by atoms with Crippen LogP contribution in [0.25, 0.3) is 11.5 Å². The number of rotatable bonds is 4. The average molecular weight is 233 g/mol. The molecule has 0 bridgehead atoms. The van der Waals surface area contributed by atoms with Gasteiger partial charge in [0.15, 0.2) is 12.0 Å². The van der Waals surface area contributed by atoms with Crippen molar-refractivity contribution in [2.24, 2.45) is 0 Å². The SMILES string of the molecule is COc1ccc(OC)c(-c2ncc(C=O)o2)c1. The Hall–Kier alpha value is -2.30. The Kier molecular flexibility index (Phi) is 3.09. The molecule has 1 aromatic carbocycles. The van der Waals surface area contributed by atoms with Gasteiger partial charge in [-0.3, -0.25) is 4.79 Å². The predicted octanol–water partition coefficient (Wildman–Crippen LogP) is 2.17. The van der Waals surface area contributed by atoms with E-state index in [0.29, 0.717) is 29.2 Å². The van der Waals surface area contributed by atoms with Crippen molar-refractivity contribution in [1.82, 2.24) is 4.98 Å². The van der Waals surface area contributed by atoms with Gasteiger partial charge in [-0.2, -0.15) is 0 Å². The zero-order valence-corrected chi connectivity index (χ0v) is 9.47. The van der Waals surface area contributed by atoms with Gasteiger partial charge < -0.3 is 13.9 Å². The summed E-state index contributed by atoms with van der Waals surface area (Å²) in [5.41, 5.74) is 0.639. The number of aldehydes is 1. The predicted molar refractivity (Wildman–Crippen MR) is 60.4 cm³/mol. The summed E-state index contributed by atoms with van der Waals surface area (Å²) < 4.78 is 15.6. The topological polar surface area (TPSA) is 61.6 Å². The van der Waals surface area contributed by atoms with Crippen LogP contribution < -0.4 is 9.47 Å². The van der Waals surface area contributed by atoms with Crippen molar-refractivity contribution in [1.29, 1.82) is 0 Å². The van der Waals surface area contributed by atoms with Gasteiger partial charge >= 0.3 is 0 Å². The lowest BCUT2D eigenvalue weighted by Crippen LogP contribution is -1.90. The Labute approximate surface area is 98.0 Å². The van der Waals surface area contributed by atoms with Crippen LogP contribution in [-0.4, -0.2) is 25.5 Å². The molecule has 0 aliphatic heterocycles. The highest BCUT2D eigenvalue weighted by atomic mass is 16.5. The number of hydrogen-bond acceptors (Lipinski definition) is 5. The second-order valence-electron chi connectivity index (χ2n) is 3.25. The fraction of sp³-hybridized carbons (Fsp3) is 0.167. The summed E-state index contributed by atoms with van der Waals surface area (Å²) in [7, 11) is 3.12. The van der Waals surface area contributed by atoms with Crippen LogP contribution in [0.2, 0.25) is 0 Å². The van der Waals surface area contributed by atoms with E-state index in [1.165, 1.54) is 6.20 Å². The first kappa shape index (κ1) is 11.2. The minimum atomic E-state index is 0.171. The third-order valence-corrected chi connectivity index (χ3v) is 2.28. The van der Waals surface area contributed by atoms with E-state index >= 15 is 0 Å². The fourth-order valence-electron chi connectivity index (χ4n) is 1.45. The van der Waals surface area contributed by atoms with Gasteiger partial charge in [0.25, 0.3) is 0 Å². The molecular formula is C12H11NO4. The van der Waals surface area contributed by atoms with Crippen molar-refractivity contribution in [3.8, 4) is 23.0 Å². The third kappa shape index (κ3) is 2.13. The standard InChI is InChI=1S/C12H11NO4/c1-15-8-3-4-11(16-2)10(5-8)12-13-6-9(7-14)17-12/h3-7H,1-2H3. The summed E-state index contributed by atoms with van der Waals surface area (Å²) in [5, 5.41) is 0. The van der Waals surface area contributed by atoms with E-state index in [0.717, 1.165) is 0 Å². The number of aromatic nitrogens is 1. The lowest BCUT2D eigenvalue weighted by molar-refractivity contribution is 0.110. The molecule has 1 aromatic heterocycles. The summed E-state index contributed by atoms with van der Waals surface area (Å²) in [5.74, 6) is 1.75. The van der Waals surface area contributed by atoms with Gasteiger partial charge in [-0.25, -0.2) is 4.98 Å². The monoisotopic (exact) mass is 233 g/mol. The Morgan fingerprint density at radius 3 is 2.71 bits per heavy atom. The maximum Gasteiger partial charge on any atom is 0.230 e. The number of carbonyl (C=O) groups is 1. The zero-order chi connectivity index (χ0) is 12.3. The molecule has 0 saturated heterocycles. The van der Waals surface area contributed by atoms with Crippen molar-refractivity contribution in [2.75, 3.05) is 14.2 Å². The number of ether oxygens (including phenoxy) is 2. The largest absolute Gasteiger partial charge is 0.497 e. The van der Waals surface area contributed by atoms with Crippen LogP contribution >= 0.6 is 0 Å². The van der Waals surface area contributed by atoms with Crippen LogP contribution in [0, 0.1) is 0 Å². The Morgan fingerprint density at radius 1 is 1.29 bits per heavy atom. The molecule has 0 radical (unpaired) electrons. The maximum absolute atomic E-state index is 10.5. The molecule has 2 aromatic rings. The summed E-state index contributed by atoms with van der Waals surface area (Å²) >= 11 is 0. The van der Waals surface area contributed by atoms with Crippen molar-refractivity contribution < 1.29 is 18.7 Å². The Morgan fingerprint density at radius 2 is 2.12 bits per heavy atom. The average Bonchev–Trinajstić information content (AvgIpc) is 2.86. The number of carbonyl (C=O) groups excluding carboxylic acids is 1. The molecule has 88 valence electrons. The normalized spacial score (nSPS) is 10.0. The van der Waals surface area contributed by atoms with Gasteiger partial charge in [-0.1, -0.05) is 0 Å². The van der Waals surface area contributed by atoms with Crippen LogP contribution in [0.5, 0.6) is 11.5 Å². The molecule has 0 atom stereocenters. The van der Waals surface area contributed by atoms with Crippen molar-refractivity contribution >= 4 is 6.29 Å². The van der Waals surface area contributed by atoms with Gasteiger partial charge in [0, 0.05) is 0 Å². The molecule has 0 N–H and O–H groups in total. The Bertz CT molecular complexity index is 533. The first-order chi connectivity index (χ1) is 8.28. The molecule has 0 fully saturated rings. The lowest BCUT2D eigenvalue weighted by atomic mass is 10.2.